The van der Waals surface area contributed by atoms with Crippen LogP contribution >= 0.6 is 0 Å². The van der Waals surface area contributed by atoms with Crippen LogP contribution in [0, 0.1) is 11.8 Å². The van der Waals surface area contributed by atoms with Crippen LogP contribution in [0.15, 0.2) is 61.2 Å². The van der Waals surface area contributed by atoms with E-state index in [1.54, 1.807) is 58.6 Å². The van der Waals surface area contributed by atoms with Crippen LogP contribution in [0.2, 0.25) is 0 Å². The third kappa shape index (κ3) is 13.6. The van der Waals surface area contributed by atoms with E-state index >= 15 is 0 Å². The lowest BCUT2D eigenvalue weighted by atomic mass is 9.92. The van der Waals surface area contributed by atoms with Crippen molar-refractivity contribution >= 4 is 30.0 Å². The summed E-state index contributed by atoms with van der Waals surface area (Å²) in [6.45, 7) is 24.5. The molecule has 276 valence electrons. The molecule has 0 aliphatic rings. The number of hydrogen-bond donors (Lipinski definition) is 2. The Labute approximate surface area is 300 Å². The number of carbonyl (C=O) groups is 4. The highest BCUT2D eigenvalue weighted by Gasteiger charge is 2.41. The maximum absolute atomic E-state index is 15.0. The third-order valence-corrected chi connectivity index (χ3v) is 8.32. The molecule has 0 bridgehead atoms. The van der Waals surface area contributed by atoms with Crippen molar-refractivity contribution in [1.82, 2.24) is 15.5 Å². The Morgan fingerprint density at radius 3 is 2.00 bits per heavy atom. The van der Waals surface area contributed by atoms with Gasteiger partial charge in [0.2, 0.25) is 11.8 Å². The Hall–Kier alpha value is -4.14. The van der Waals surface area contributed by atoms with Gasteiger partial charge in [-0.25, -0.2) is 9.59 Å². The average Bonchev–Trinajstić information content (AvgIpc) is 3.02. The Balaban J connectivity index is 2.77. The number of hydrogen-bond acceptors (Lipinski definition) is 6. The van der Waals surface area contributed by atoms with Gasteiger partial charge in [0.1, 0.15) is 29.3 Å². The number of rotatable bonds is 16. The van der Waals surface area contributed by atoms with Crippen LogP contribution in [0.25, 0.3) is 6.08 Å². The Morgan fingerprint density at radius 1 is 0.840 bits per heavy atom. The van der Waals surface area contributed by atoms with Crippen molar-refractivity contribution < 1.29 is 28.7 Å². The van der Waals surface area contributed by atoms with Crippen LogP contribution in [0.4, 0.5) is 4.79 Å². The maximum Gasteiger partial charge on any atom is 0.408 e. The van der Waals surface area contributed by atoms with E-state index in [9.17, 15) is 19.2 Å². The second kappa shape index (κ2) is 18.7. The molecule has 0 saturated carbocycles. The number of esters is 1. The molecule has 0 aliphatic heterocycles. The van der Waals surface area contributed by atoms with E-state index in [1.807, 2.05) is 69.3 Å². The number of nitrogens with zero attached hydrogens (tertiary/aromatic N) is 1. The summed E-state index contributed by atoms with van der Waals surface area (Å²) < 4.78 is 11.3. The van der Waals surface area contributed by atoms with Gasteiger partial charge in [-0.3, -0.25) is 9.59 Å². The Kier molecular flexibility index (Phi) is 15.8. The zero-order chi connectivity index (χ0) is 37.8. The molecule has 9 nitrogen and oxygen atoms in total. The van der Waals surface area contributed by atoms with E-state index in [2.05, 4.69) is 31.1 Å². The molecular formula is C41H61N3O6. The first-order chi connectivity index (χ1) is 23.3. The van der Waals surface area contributed by atoms with Crippen molar-refractivity contribution in [3.63, 3.8) is 0 Å². The fourth-order valence-electron chi connectivity index (χ4n) is 5.55. The van der Waals surface area contributed by atoms with Crippen LogP contribution in [0.5, 0.6) is 0 Å². The molecule has 2 aromatic carbocycles. The molecule has 0 aromatic heterocycles. The van der Waals surface area contributed by atoms with Crippen molar-refractivity contribution in [2.75, 3.05) is 0 Å². The average molecular weight is 692 g/mol. The second-order valence-electron chi connectivity index (χ2n) is 15.6. The van der Waals surface area contributed by atoms with E-state index in [0.29, 0.717) is 24.3 Å². The summed E-state index contributed by atoms with van der Waals surface area (Å²) in [5.74, 6) is -1.47. The first-order valence-corrected chi connectivity index (χ1v) is 17.9. The summed E-state index contributed by atoms with van der Waals surface area (Å²) in [4.78, 5) is 58.2. The first kappa shape index (κ1) is 42.0. The molecule has 0 fully saturated rings. The molecule has 0 spiro atoms. The third-order valence-electron chi connectivity index (χ3n) is 8.32. The molecule has 5 atom stereocenters. The number of benzene rings is 2. The highest BCUT2D eigenvalue weighted by Crippen LogP contribution is 2.30. The van der Waals surface area contributed by atoms with E-state index in [4.69, 9.17) is 9.47 Å². The molecular weight excluding hydrogens is 630 g/mol. The number of alkyl carbamates (subject to hydrolysis) is 1. The zero-order valence-corrected chi connectivity index (χ0v) is 32.2. The highest BCUT2D eigenvalue weighted by atomic mass is 16.6. The molecule has 2 rings (SSSR count). The highest BCUT2D eigenvalue weighted by molar-refractivity contribution is 5.94. The second-order valence-corrected chi connectivity index (χ2v) is 15.6. The summed E-state index contributed by atoms with van der Waals surface area (Å²) in [7, 11) is 0. The van der Waals surface area contributed by atoms with Crippen molar-refractivity contribution in [3.05, 3.63) is 77.9 Å². The van der Waals surface area contributed by atoms with Crippen LogP contribution in [-0.4, -0.2) is 58.1 Å². The van der Waals surface area contributed by atoms with Gasteiger partial charge < -0.3 is 25.0 Å². The number of amides is 3. The van der Waals surface area contributed by atoms with Crippen LogP contribution in [0.1, 0.15) is 118 Å². The number of ether oxygens (including phenoxy) is 2. The van der Waals surface area contributed by atoms with Gasteiger partial charge in [0.25, 0.3) is 0 Å². The lowest BCUT2D eigenvalue weighted by molar-refractivity contribution is -0.159. The SMILES string of the molecule is C=Cc1cccc(C(C(=O)NC(Cc2ccccc2)C(=O)OC(C)(C)C)N(C(=O)C(NC(=O)OC(C)(C)C)C(C)CC)C(C)CCC(C)C)c1. The van der Waals surface area contributed by atoms with Crippen molar-refractivity contribution in [2.24, 2.45) is 11.8 Å². The Bertz CT molecular complexity index is 1430. The van der Waals surface area contributed by atoms with Crippen molar-refractivity contribution in [1.29, 1.82) is 0 Å². The lowest BCUT2D eigenvalue weighted by Gasteiger charge is -2.40. The first-order valence-electron chi connectivity index (χ1n) is 17.9. The van der Waals surface area contributed by atoms with Crippen LogP contribution in [0.3, 0.4) is 0 Å². The van der Waals surface area contributed by atoms with Gasteiger partial charge in [-0.05, 0) is 95.9 Å². The molecule has 2 N–H and O–H groups in total. The molecule has 2 aromatic rings. The van der Waals surface area contributed by atoms with Gasteiger partial charge in [0.05, 0.1) is 0 Å². The predicted molar refractivity (Wildman–Crippen MR) is 200 cm³/mol. The standard InChI is InChI=1S/C41H61N3O6/c1-13-28(5)34(43-39(48)50-41(10,11)12)37(46)44(29(6)24-23-27(3)4)35(32-22-18-21-30(14-2)25-32)36(45)42-33(38(47)49-40(7,8)9)26-31-19-16-15-17-20-31/h14-22,25,27-29,33-35H,2,13,23-24,26H2,1,3-12H3,(H,42,45)(H,43,48). The van der Waals surface area contributed by atoms with Gasteiger partial charge in [0.15, 0.2) is 0 Å². The minimum Gasteiger partial charge on any atom is -0.458 e. The fraction of sp³-hybridized carbons (Fsp3) is 0.561. The monoisotopic (exact) mass is 691 g/mol. The summed E-state index contributed by atoms with van der Waals surface area (Å²) in [6.07, 6.45) is 3.14. The summed E-state index contributed by atoms with van der Waals surface area (Å²) in [5.41, 5.74) is 0.581. The summed E-state index contributed by atoms with van der Waals surface area (Å²) >= 11 is 0. The van der Waals surface area contributed by atoms with Gasteiger partial charge in [-0.1, -0.05) is 95.3 Å². The molecule has 0 aliphatic carbocycles. The molecule has 9 heteroatoms. The van der Waals surface area contributed by atoms with Crippen molar-refractivity contribution in [3.8, 4) is 0 Å². The molecule has 0 heterocycles. The molecule has 5 unspecified atom stereocenters. The minimum atomic E-state index is -1.16. The molecule has 50 heavy (non-hydrogen) atoms. The number of carbonyl (C=O) groups excluding carboxylic acids is 4. The topological polar surface area (TPSA) is 114 Å². The van der Waals surface area contributed by atoms with E-state index < -0.39 is 59.2 Å². The molecule has 3 amide bonds. The Morgan fingerprint density at radius 2 is 1.46 bits per heavy atom. The normalized spacial score (nSPS) is 14.8. The van der Waals surface area contributed by atoms with E-state index in [1.165, 1.54) is 0 Å². The lowest BCUT2D eigenvalue weighted by Crippen LogP contribution is -2.58. The van der Waals surface area contributed by atoms with Gasteiger partial charge in [-0.15, -0.1) is 0 Å². The van der Waals surface area contributed by atoms with Gasteiger partial charge in [-0.2, -0.15) is 0 Å². The predicted octanol–water partition coefficient (Wildman–Crippen LogP) is 8.03. The largest absolute Gasteiger partial charge is 0.458 e. The van der Waals surface area contributed by atoms with Gasteiger partial charge in [0, 0.05) is 12.5 Å². The molecule has 0 radical (unpaired) electrons. The fourth-order valence-corrected chi connectivity index (χ4v) is 5.55. The van der Waals surface area contributed by atoms with Crippen molar-refractivity contribution in [2.45, 2.75) is 137 Å². The quantitative estimate of drug-likeness (QED) is 0.172. The molecule has 0 saturated heterocycles. The van der Waals surface area contributed by atoms with Crippen LogP contribution in [-0.2, 0) is 30.3 Å². The van der Waals surface area contributed by atoms with Gasteiger partial charge >= 0.3 is 12.1 Å². The van der Waals surface area contributed by atoms with E-state index in [-0.39, 0.29) is 12.3 Å². The smallest absolute Gasteiger partial charge is 0.408 e. The van der Waals surface area contributed by atoms with Crippen LogP contribution < -0.4 is 10.6 Å². The van der Waals surface area contributed by atoms with E-state index in [0.717, 1.165) is 17.5 Å². The maximum atomic E-state index is 15.0. The summed E-state index contributed by atoms with van der Waals surface area (Å²) in [5, 5.41) is 5.82. The zero-order valence-electron chi connectivity index (χ0n) is 32.2. The minimum absolute atomic E-state index is 0.188. The summed E-state index contributed by atoms with van der Waals surface area (Å²) in [6, 6.07) is 13.1. The number of nitrogens with one attached hydrogen (secondary N) is 2.